The van der Waals surface area contributed by atoms with Gasteiger partial charge in [0, 0.05) is 0 Å². The highest BCUT2D eigenvalue weighted by molar-refractivity contribution is 7.91. The number of rotatable bonds is 6. The Bertz CT molecular complexity index is 469. The Labute approximate surface area is 103 Å². The Morgan fingerprint density at radius 3 is 2.59 bits per heavy atom. The summed E-state index contributed by atoms with van der Waals surface area (Å²) >= 11 is 0. The predicted octanol–water partition coefficient (Wildman–Crippen LogP) is 1.52. The van der Waals surface area contributed by atoms with Gasteiger partial charge < -0.3 is 10.5 Å². The molecule has 1 aromatic carbocycles. The Hall–Kier alpha value is -1.07. The molecule has 0 saturated carbocycles. The van der Waals surface area contributed by atoms with Gasteiger partial charge in [0.05, 0.1) is 17.3 Å². The van der Waals surface area contributed by atoms with E-state index in [1.807, 2.05) is 13.8 Å². The summed E-state index contributed by atoms with van der Waals surface area (Å²) in [6, 6.07) is 4.94. The topological polar surface area (TPSA) is 69.4 Å². The molecule has 0 bridgehead atoms. The molecule has 0 aliphatic heterocycles. The molecule has 0 aliphatic rings. The maximum atomic E-state index is 11.9. The summed E-state index contributed by atoms with van der Waals surface area (Å²) in [7, 11) is -3.21. The lowest BCUT2D eigenvalue weighted by Gasteiger charge is -2.09. The fourth-order valence-electron chi connectivity index (χ4n) is 1.52. The standard InChI is InChI=1S/C12H19NO3S/c1-3-16-12-6-5-11(9-10(12)2)17(14,15)8-4-7-13/h5-6,9H,3-4,7-8,13H2,1-2H3. The number of nitrogens with two attached hydrogens (primary N) is 1. The molecule has 1 rings (SSSR count). The van der Waals surface area contributed by atoms with E-state index in [9.17, 15) is 8.42 Å². The van der Waals surface area contributed by atoms with E-state index in [0.717, 1.165) is 11.3 Å². The van der Waals surface area contributed by atoms with Gasteiger partial charge in [-0.2, -0.15) is 0 Å². The van der Waals surface area contributed by atoms with E-state index in [2.05, 4.69) is 0 Å². The molecule has 0 spiro atoms. The number of aryl methyl sites for hydroxylation is 1. The maximum Gasteiger partial charge on any atom is 0.178 e. The molecule has 0 atom stereocenters. The van der Waals surface area contributed by atoms with Crippen LogP contribution in [0.3, 0.4) is 0 Å². The van der Waals surface area contributed by atoms with Gasteiger partial charge in [-0.1, -0.05) is 0 Å². The summed E-state index contributed by atoms with van der Waals surface area (Å²) in [4.78, 5) is 0.340. The lowest BCUT2D eigenvalue weighted by molar-refractivity contribution is 0.337. The van der Waals surface area contributed by atoms with Gasteiger partial charge >= 0.3 is 0 Å². The molecule has 17 heavy (non-hydrogen) atoms. The van der Waals surface area contributed by atoms with Gasteiger partial charge in [0.1, 0.15) is 5.75 Å². The van der Waals surface area contributed by atoms with Gasteiger partial charge in [-0.3, -0.25) is 0 Å². The number of hydrogen-bond acceptors (Lipinski definition) is 4. The van der Waals surface area contributed by atoms with Gasteiger partial charge in [0.15, 0.2) is 9.84 Å². The Morgan fingerprint density at radius 2 is 2.06 bits per heavy atom. The minimum absolute atomic E-state index is 0.0942. The summed E-state index contributed by atoms with van der Waals surface area (Å²) in [5, 5.41) is 0. The van der Waals surface area contributed by atoms with E-state index < -0.39 is 9.84 Å². The van der Waals surface area contributed by atoms with Crippen molar-refractivity contribution in [2.45, 2.75) is 25.2 Å². The largest absolute Gasteiger partial charge is 0.494 e. The molecule has 0 aliphatic carbocycles. The van der Waals surface area contributed by atoms with E-state index in [0.29, 0.717) is 24.5 Å². The molecular formula is C12H19NO3S. The molecule has 0 radical (unpaired) electrons. The first-order valence-corrected chi connectivity index (χ1v) is 7.32. The van der Waals surface area contributed by atoms with Crippen molar-refractivity contribution in [3.8, 4) is 5.75 Å². The second kappa shape index (κ2) is 6.02. The number of hydrogen-bond donors (Lipinski definition) is 1. The molecule has 1 aromatic rings. The van der Waals surface area contributed by atoms with E-state index >= 15 is 0 Å². The third kappa shape index (κ3) is 3.71. The third-order valence-corrected chi connectivity index (χ3v) is 4.22. The molecule has 0 heterocycles. The summed E-state index contributed by atoms with van der Waals surface area (Å²) < 4.78 is 29.2. The molecule has 0 aromatic heterocycles. The second-order valence-electron chi connectivity index (χ2n) is 3.82. The van der Waals surface area contributed by atoms with E-state index in [1.165, 1.54) is 0 Å². The summed E-state index contributed by atoms with van der Waals surface area (Å²) in [6.45, 7) is 4.69. The van der Waals surface area contributed by atoms with Crippen LogP contribution in [0.5, 0.6) is 5.75 Å². The van der Waals surface area contributed by atoms with Crippen molar-refractivity contribution in [2.24, 2.45) is 5.73 Å². The maximum absolute atomic E-state index is 11.9. The van der Waals surface area contributed by atoms with Crippen molar-refractivity contribution in [2.75, 3.05) is 18.9 Å². The van der Waals surface area contributed by atoms with Crippen LogP contribution in [-0.2, 0) is 9.84 Å². The number of ether oxygens (including phenoxy) is 1. The van der Waals surface area contributed by atoms with Crippen LogP contribution < -0.4 is 10.5 Å². The normalized spacial score (nSPS) is 11.5. The number of benzene rings is 1. The van der Waals surface area contributed by atoms with Gasteiger partial charge in [-0.25, -0.2) is 8.42 Å². The molecule has 4 nitrogen and oxygen atoms in total. The quantitative estimate of drug-likeness (QED) is 0.838. The van der Waals surface area contributed by atoms with Crippen molar-refractivity contribution in [3.05, 3.63) is 23.8 Å². The lowest BCUT2D eigenvalue weighted by Crippen LogP contribution is -2.11. The average Bonchev–Trinajstić information content (AvgIpc) is 2.29. The van der Waals surface area contributed by atoms with Crippen molar-refractivity contribution in [1.82, 2.24) is 0 Å². The van der Waals surface area contributed by atoms with Crippen molar-refractivity contribution in [1.29, 1.82) is 0 Å². The lowest BCUT2D eigenvalue weighted by atomic mass is 10.2. The van der Waals surface area contributed by atoms with Crippen LogP contribution in [0.25, 0.3) is 0 Å². The molecular weight excluding hydrogens is 238 g/mol. The molecule has 0 unspecified atom stereocenters. The van der Waals surface area contributed by atoms with E-state index in [4.69, 9.17) is 10.5 Å². The van der Waals surface area contributed by atoms with Crippen LogP contribution in [0.15, 0.2) is 23.1 Å². The van der Waals surface area contributed by atoms with Gasteiger partial charge in [0.25, 0.3) is 0 Å². The van der Waals surface area contributed by atoms with Gasteiger partial charge in [-0.05, 0) is 50.6 Å². The minimum Gasteiger partial charge on any atom is -0.494 e. The molecule has 0 fully saturated rings. The first kappa shape index (κ1) is 14.0. The highest BCUT2D eigenvalue weighted by Crippen LogP contribution is 2.22. The van der Waals surface area contributed by atoms with Gasteiger partial charge in [0.2, 0.25) is 0 Å². The summed E-state index contributed by atoms with van der Waals surface area (Å²) in [5.41, 5.74) is 6.16. The molecule has 5 heteroatoms. The number of sulfone groups is 1. The fourth-order valence-corrected chi connectivity index (χ4v) is 2.94. The van der Waals surface area contributed by atoms with Crippen molar-refractivity contribution in [3.63, 3.8) is 0 Å². The fraction of sp³-hybridized carbons (Fsp3) is 0.500. The minimum atomic E-state index is -3.21. The van der Waals surface area contributed by atoms with Crippen LogP contribution in [0.4, 0.5) is 0 Å². The third-order valence-electron chi connectivity index (χ3n) is 2.42. The zero-order chi connectivity index (χ0) is 12.9. The Morgan fingerprint density at radius 1 is 1.35 bits per heavy atom. The molecule has 2 N–H and O–H groups in total. The van der Waals surface area contributed by atoms with Crippen LogP contribution in [0, 0.1) is 6.92 Å². The van der Waals surface area contributed by atoms with Crippen LogP contribution in [0.1, 0.15) is 18.9 Å². The Kier molecular flexibility index (Phi) is 4.96. The first-order valence-electron chi connectivity index (χ1n) is 5.67. The zero-order valence-corrected chi connectivity index (χ0v) is 11.1. The van der Waals surface area contributed by atoms with Crippen LogP contribution >= 0.6 is 0 Å². The van der Waals surface area contributed by atoms with Crippen LogP contribution in [-0.4, -0.2) is 27.3 Å². The monoisotopic (exact) mass is 257 g/mol. The zero-order valence-electron chi connectivity index (χ0n) is 10.3. The molecule has 0 amide bonds. The highest BCUT2D eigenvalue weighted by Gasteiger charge is 2.14. The SMILES string of the molecule is CCOc1ccc(S(=O)(=O)CCCN)cc1C. The average molecular weight is 257 g/mol. The Balaban J connectivity index is 2.96. The second-order valence-corrected chi connectivity index (χ2v) is 5.93. The van der Waals surface area contributed by atoms with Crippen LogP contribution in [0.2, 0.25) is 0 Å². The smallest absolute Gasteiger partial charge is 0.178 e. The van der Waals surface area contributed by atoms with Crippen molar-refractivity contribution >= 4 is 9.84 Å². The molecule has 0 saturated heterocycles. The van der Waals surface area contributed by atoms with E-state index in [-0.39, 0.29) is 5.75 Å². The highest BCUT2D eigenvalue weighted by atomic mass is 32.2. The van der Waals surface area contributed by atoms with Crippen molar-refractivity contribution < 1.29 is 13.2 Å². The van der Waals surface area contributed by atoms with Gasteiger partial charge in [-0.15, -0.1) is 0 Å². The first-order chi connectivity index (χ1) is 8.01. The predicted molar refractivity (Wildman–Crippen MR) is 68.1 cm³/mol. The van der Waals surface area contributed by atoms with E-state index in [1.54, 1.807) is 18.2 Å². The molecule has 96 valence electrons. The summed E-state index contributed by atoms with van der Waals surface area (Å²) in [6.07, 6.45) is 0.481. The summed E-state index contributed by atoms with van der Waals surface area (Å²) in [5.74, 6) is 0.821.